The van der Waals surface area contributed by atoms with Crippen LogP contribution in [0.2, 0.25) is 0 Å². The van der Waals surface area contributed by atoms with Crippen LogP contribution in [0.1, 0.15) is 22.7 Å². The summed E-state index contributed by atoms with van der Waals surface area (Å²) in [5, 5.41) is 3.33. The van der Waals surface area contributed by atoms with Gasteiger partial charge >= 0.3 is 0 Å². The van der Waals surface area contributed by atoms with Gasteiger partial charge in [-0.2, -0.15) is 0 Å². The van der Waals surface area contributed by atoms with Crippen LogP contribution in [0.5, 0.6) is 0 Å². The first-order chi connectivity index (χ1) is 8.40. The lowest BCUT2D eigenvalue weighted by molar-refractivity contribution is 0.837. The second-order valence-electron chi connectivity index (χ2n) is 4.03. The zero-order valence-corrected chi connectivity index (χ0v) is 9.98. The number of nitroso groups, excluding NO2 is 1. The van der Waals surface area contributed by atoms with Gasteiger partial charge in [-0.3, -0.25) is 0 Å². The molecular weight excluding hydrogens is 230 g/mol. The number of nitrogens with zero attached hydrogens (tertiary/aromatic N) is 1. The minimum absolute atomic E-state index is 0.364. The van der Waals surface area contributed by atoms with E-state index in [1.54, 1.807) is 11.8 Å². The van der Waals surface area contributed by atoms with Crippen LogP contribution in [0.4, 0.5) is 0 Å². The van der Waals surface area contributed by atoms with E-state index in [2.05, 4.69) is 17.3 Å². The van der Waals surface area contributed by atoms with Crippen LogP contribution in [0.15, 0.2) is 58.6 Å². The maximum atomic E-state index is 11.2. The summed E-state index contributed by atoms with van der Waals surface area (Å²) in [5.74, 6) is 0.902. The molecule has 1 atom stereocenters. The molecule has 3 rings (SSSR count). The molecule has 0 aliphatic carbocycles. The molecule has 0 fully saturated rings. The third-order valence-corrected chi connectivity index (χ3v) is 4.19. The van der Waals surface area contributed by atoms with Gasteiger partial charge in [0.15, 0.2) is 0 Å². The van der Waals surface area contributed by atoms with Crippen LogP contribution in [-0.2, 0) is 5.75 Å². The normalized spacial score (nSPS) is 17.8. The Morgan fingerprint density at radius 3 is 2.53 bits per heavy atom. The average Bonchev–Trinajstić information content (AvgIpc) is 2.55. The molecular formula is C14H11NOS. The van der Waals surface area contributed by atoms with E-state index in [1.807, 2.05) is 36.4 Å². The van der Waals surface area contributed by atoms with Crippen LogP contribution in [-0.4, -0.2) is 0 Å². The molecule has 0 N–H and O–H groups in total. The molecule has 0 saturated carbocycles. The molecule has 3 heteroatoms. The van der Waals surface area contributed by atoms with Crippen molar-refractivity contribution >= 4 is 11.8 Å². The number of rotatable bonds is 1. The molecule has 1 aliphatic rings. The molecule has 0 bridgehead atoms. The molecule has 84 valence electrons. The van der Waals surface area contributed by atoms with Crippen molar-refractivity contribution in [1.29, 1.82) is 0 Å². The summed E-state index contributed by atoms with van der Waals surface area (Å²) in [6.45, 7) is 0. The van der Waals surface area contributed by atoms with E-state index in [0.29, 0.717) is 0 Å². The fourth-order valence-corrected chi connectivity index (χ4v) is 3.30. The van der Waals surface area contributed by atoms with Gasteiger partial charge in [0.25, 0.3) is 0 Å². The topological polar surface area (TPSA) is 29.4 Å². The zero-order valence-electron chi connectivity index (χ0n) is 9.17. The first-order valence-corrected chi connectivity index (χ1v) is 6.50. The third kappa shape index (κ3) is 1.76. The summed E-state index contributed by atoms with van der Waals surface area (Å²) < 4.78 is 0. The first kappa shape index (κ1) is 10.5. The standard InChI is InChI=1S/C14H11NOS/c16-15-14-11-6-2-1-5-10(11)9-17-13-8-4-3-7-12(13)14/h1-8,14H,9H2. The first-order valence-electron chi connectivity index (χ1n) is 5.52. The molecule has 0 radical (unpaired) electrons. The van der Waals surface area contributed by atoms with Gasteiger partial charge in [0.1, 0.15) is 6.04 Å². The Hall–Kier alpha value is -1.61. The second kappa shape index (κ2) is 4.34. The molecule has 2 aromatic carbocycles. The molecule has 0 aromatic heterocycles. The average molecular weight is 241 g/mol. The van der Waals surface area contributed by atoms with Crippen LogP contribution < -0.4 is 0 Å². The van der Waals surface area contributed by atoms with E-state index in [0.717, 1.165) is 21.8 Å². The minimum Gasteiger partial charge on any atom is -0.150 e. The second-order valence-corrected chi connectivity index (χ2v) is 5.05. The molecule has 0 saturated heterocycles. The predicted octanol–water partition coefficient (Wildman–Crippen LogP) is 4.15. The Bertz CT molecular complexity index is 520. The van der Waals surface area contributed by atoms with Gasteiger partial charge in [0, 0.05) is 10.6 Å². The Balaban J connectivity index is 2.22. The van der Waals surface area contributed by atoms with E-state index in [-0.39, 0.29) is 6.04 Å². The molecule has 17 heavy (non-hydrogen) atoms. The van der Waals surface area contributed by atoms with Gasteiger partial charge < -0.3 is 0 Å². The van der Waals surface area contributed by atoms with Gasteiger partial charge in [0.05, 0.1) is 0 Å². The molecule has 1 heterocycles. The Morgan fingerprint density at radius 1 is 1.00 bits per heavy atom. The number of fused-ring (bicyclic) bond motifs is 2. The van der Waals surface area contributed by atoms with Crippen molar-refractivity contribution in [3.63, 3.8) is 0 Å². The molecule has 1 aliphatic heterocycles. The fourth-order valence-electron chi connectivity index (χ4n) is 2.21. The van der Waals surface area contributed by atoms with Crippen molar-refractivity contribution in [2.45, 2.75) is 16.7 Å². The molecule has 2 aromatic rings. The van der Waals surface area contributed by atoms with Gasteiger partial charge in [-0.15, -0.1) is 16.7 Å². The predicted molar refractivity (Wildman–Crippen MR) is 70.1 cm³/mol. The largest absolute Gasteiger partial charge is 0.150 e. The van der Waals surface area contributed by atoms with E-state index in [4.69, 9.17) is 0 Å². The summed E-state index contributed by atoms with van der Waals surface area (Å²) >= 11 is 1.77. The molecule has 1 unspecified atom stereocenters. The summed E-state index contributed by atoms with van der Waals surface area (Å²) in [4.78, 5) is 12.3. The summed E-state index contributed by atoms with van der Waals surface area (Å²) in [6, 6.07) is 15.7. The maximum absolute atomic E-state index is 11.2. The lowest BCUT2D eigenvalue weighted by Crippen LogP contribution is -1.99. The van der Waals surface area contributed by atoms with Gasteiger partial charge in [0.2, 0.25) is 0 Å². The van der Waals surface area contributed by atoms with Crippen molar-refractivity contribution in [3.05, 3.63) is 70.1 Å². The lowest BCUT2D eigenvalue weighted by Gasteiger charge is -2.11. The van der Waals surface area contributed by atoms with Gasteiger partial charge in [-0.1, -0.05) is 47.6 Å². The van der Waals surface area contributed by atoms with Crippen molar-refractivity contribution in [2.75, 3.05) is 0 Å². The maximum Gasteiger partial charge on any atom is 0.143 e. The Labute approximate surface area is 104 Å². The summed E-state index contributed by atoms with van der Waals surface area (Å²) in [7, 11) is 0. The highest BCUT2D eigenvalue weighted by Gasteiger charge is 2.23. The zero-order chi connectivity index (χ0) is 11.7. The van der Waals surface area contributed by atoms with Crippen LogP contribution in [0.25, 0.3) is 0 Å². The highest BCUT2D eigenvalue weighted by atomic mass is 32.2. The monoisotopic (exact) mass is 241 g/mol. The van der Waals surface area contributed by atoms with E-state index < -0.39 is 0 Å². The van der Waals surface area contributed by atoms with Crippen LogP contribution in [0.3, 0.4) is 0 Å². The summed E-state index contributed by atoms with van der Waals surface area (Å²) in [5.41, 5.74) is 3.27. The number of thioether (sulfide) groups is 1. The quantitative estimate of drug-likeness (QED) is 0.702. The highest BCUT2D eigenvalue weighted by molar-refractivity contribution is 7.98. The minimum atomic E-state index is -0.364. The van der Waals surface area contributed by atoms with Crippen molar-refractivity contribution in [2.24, 2.45) is 5.18 Å². The number of hydrogen-bond acceptors (Lipinski definition) is 3. The Morgan fingerprint density at radius 2 is 1.71 bits per heavy atom. The van der Waals surface area contributed by atoms with Crippen molar-refractivity contribution in [3.8, 4) is 0 Å². The van der Waals surface area contributed by atoms with Crippen molar-refractivity contribution < 1.29 is 0 Å². The molecule has 0 spiro atoms. The Kier molecular flexibility index (Phi) is 2.69. The summed E-state index contributed by atoms with van der Waals surface area (Å²) in [6.07, 6.45) is 0. The third-order valence-electron chi connectivity index (χ3n) is 3.05. The van der Waals surface area contributed by atoms with Crippen LogP contribution in [0, 0.1) is 4.91 Å². The number of benzene rings is 2. The number of hydrogen-bond donors (Lipinski definition) is 0. The molecule has 2 nitrogen and oxygen atoms in total. The fraction of sp³-hybridized carbons (Fsp3) is 0.143. The van der Waals surface area contributed by atoms with Crippen LogP contribution >= 0.6 is 11.8 Å². The SMILES string of the molecule is O=NC1c2ccccc2CSc2ccccc21. The van der Waals surface area contributed by atoms with E-state index in [1.165, 1.54) is 5.56 Å². The van der Waals surface area contributed by atoms with E-state index in [9.17, 15) is 4.91 Å². The lowest BCUT2D eigenvalue weighted by atomic mass is 9.96. The van der Waals surface area contributed by atoms with Gasteiger partial charge in [-0.05, 0) is 22.8 Å². The van der Waals surface area contributed by atoms with Crippen molar-refractivity contribution in [1.82, 2.24) is 0 Å². The smallest absolute Gasteiger partial charge is 0.143 e. The molecule has 0 amide bonds. The highest BCUT2D eigenvalue weighted by Crippen LogP contribution is 2.40. The van der Waals surface area contributed by atoms with Gasteiger partial charge in [-0.25, -0.2) is 0 Å². The van der Waals surface area contributed by atoms with E-state index >= 15 is 0 Å².